The molecule has 5 nitrogen and oxygen atoms in total. The number of piperazine rings is 1. The number of aromatic nitrogens is 1. The zero-order valence-electron chi connectivity index (χ0n) is 14.3. The summed E-state index contributed by atoms with van der Waals surface area (Å²) in [4.78, 5) is 16.5. The highest BCUT2D eigenvalue weighted by Crippen LogP contribution is 2.11. The number of hydrogen-bond acceptors (Lipinski definition) is 4. The van der Waals surface area contributed by atoms with E-state index in [1.807, 2.05) is 12.3 Å². The number of benzene rings is 1. The Morgan fingerprint density at radius 1 is 0.880 bits per heavy atom. The molecule has 1 aromatic heterocycles. The van der Waals surface area contributed by atoms with Crippen molar-refractivity contribution in [2.45, 2.75) is 6.54 Å². The molecule has 25 heavy (non-hydrogen) atoms. The molecule has 0 amide bonds. The maximum atomic E-state index is 12.8. The van der Waals surface area contributed by atoms with E-state index < -0.39 is 0 Å². The molecular formula is C19H24FN3O2. The van der Waals surface area contributed by atoms with Crippen molar-refractivity contribution in [3.05, 3.63) is 64.8 Å². The molecule has 0 aliphatic carbocycles. The molecule has 0 radical (unpaired) electrons. The van der Waals surface area contributed by atoms with E-state index in [1.54, 1.807) is 28.8 Å². The molecule has 3 rings (SSSR count). The third-order valence-electron chi connectivity index (χ3n) is 4.51. The van der Waals surface area contributed by atoms with Gasteiger partial charge in [-0.15, -0.1) is 0 Å². The summed E-state index contributed by atoms with van der Waals surface area (Å²) in [7, 11) is 0. The van der Waals surface area contributed by atoms with Crippen LogP contribution < -0.4 is 10.3 Å². The second-order valence-electron chi connectivity index (χ2n) is 6.22. The molecule has 6 heteroatoms. The van der Waals surface area contributed by atoms with E-state index >= 15 is 0 Å². The van der Waals surface area contributed by atoms with Crippen molar-refractivity contribution in [2.75, 3.05) is 45.9 Å². The van der Waals surface area contributed by atoms with Gasteiger partial charge in [0.25, 0.3) is 5.56 Å². The van der Waals surface area contributed by atoms with Gasteiger partial charge >= 0.3 is 0 Å². The van der Waals surface area contributed by atoms with Gasteiger partial charge in [-0.2, -0.15) is 0 Å². The highest BCUT2D eigenvalue weighted by Gasteiger charge is 2.16. The summed E-state index contributed by atoms with van der Waals surface area (Å²) < 4.78 is 20.2. The predicted octanol–water partition coefficient (Wildman–Crippen LogP) is 1.68. The van der Waals surface area contributed by atoms with Crippen molar-refractivity contribution in [2.24, 2.45) is 0 Å². The first-order valence-electron chi connectivity index (χ1n) is 8.69. The van der Waals surface area contributed by atoms with Crippen LogP contribution in [0, 0.1) is 5.82 Å². The summed E-state index contributed by atoms with van der Waals surface area (Å²) in [6.45, 7) is 7.08. The second kappa shape index (κ2) is 8.78. The molecule has 2 heterocycles. The van der Waals surface area contributed by atoms with Gasteiger partial charge in [-0.25, -0.2) is 4.39 Å². The summed E-state index contributed by atoms with van der Waals surface area (Å²) in [5.74, 6) is 0.453. The van der Waals surface area contributed by atoms with Gasteiger partial charge in [0.05, 0.1) is 0 Å². The van der Waals surface area contributed by atoms with Gasteiger partial charge in [-0.05, 0) is 30.3 Å². The Bertz CT molecular complexity index is 709. The zero-order valence-corrected chi connectivity index (χ0v) is 14.3. The minimum atomic E-state index is -0.249. The van der Waals surface area contributed by atoms with E-state index in [-0.39, 0.29) is 11.4 Å². The van der Waals surface area contributed by atoms with Crippen LogP contribution >= 0.6 is 0 Å². The number of rotatable bonds is 7. The maximum Gasteiger partial charge on any atom is 0.250 e. The molecule has 134 valence electrons. The van der Waals surface area contributed by atoms with Gasteiger partial charge in [0.1, 0.15) is 18.2 Å². The van der Waals surface area contributed by atoms with Crippen LogP contribution in [0.1, 0.15) is 0 Å². The standard InChI is InChI=1S/C19H24FN3O2/c20-17-4-6-18(7-5-17)25-16-15-22-11-9-21(10-12-22)13-14-23-8-2-1-3-19(23)24/h1-8H,9-16H2. The fraction of sp³-hybridized carbons (Fsp3) is 0.421. The molecular weight excluding hydrogens is 321 g/mol. The predicted molar refractivity (Wildman–Crippen MR) is 95.5 cm³/mol. The van der Waals surface area contributed by atoms with Crippen molar-refractivity contribution >= 4 is 0 Å². The number of ether oxygens (including phenoxy) is 1. The third kappa shape index (κ3) is 5.41. The molecule has 1 aliphatic rings. The average molecular weight is 345 g/mol. The zero-order chi connectivity index (χ0) is 17.5. The van der Waals surface area contributed by atoms with Crippen molar-refractivity contribution in [1.82, 2.24) is 14.4 Å². The number of halogens is 1. The molecule has 0 spiro atoms. The molecule has 1 aliphatic heterocycles. The normalized spacial score (nSPS) is 16.0. The molecule has 0 atom stereocenters. The molecule has 0 N–H and O–H groups in total. The van der Waals surface area contributed by atoms with Gasteiger partial charge < -0.3 is 9.30 Å². The Labute approximate surface area is 147 Å². The fourth-order valence-corrected chi connectivity index (χ4v) is 2.95. The Morgan fingerprint density at radius 2 is 1.56 bits per heavy atom. The van der Waals surface area contributed by atoms with Gasteiger partial charge in [0.15, 0.2) is 0 Å². The van der Waals surface area contributed by atoms with E-state index in [2.05, 4.69) is 9.80 Å². The topological polar surface area (TPSA) is 37.7 Å². The van der Waals surface area contributed by atoms with E-state index in [0.717, 1.165) is 45.8 Å². The minimum Gasteiger partial charge on any atom is -0.492 e. The molecule has 2 aromatic rings. The van der Waals surface area contributed by atoms with Gasteiger partial charge in [0, 0.05) is 58.1 Å². The van der Waals surface area contributed by atoms with Crippen LogP contribution in [-0.2, 0) is 6.54 Å². The van der Waals surface area contributed by atoms with Crippen LogP contribution in [0.5, 0.6) is 5.75 Å². The Morgan fingerprint density at radius 3 is 2.24 bits per heavy atom. The summed E-state index contributed by atoms with van der Waals surface area (Å²) in [5.41, 5.74) is 0.0547. The molecule has 1 fully saturated rings. The van der Waals surface area contributed by atoms with Crippen molar-refractivity contribution in [3.8, 4) is 5.75 Å². The van der Waals surface area contributed by atoms with E-state index in [0.29, 0.717) is 12.4 Å². The van der Waals surface area contributed by atoms with Crippen molar-refractivity contribution < 1.29 is 9.13 Å². The van der Waals surface area contributed by atoms with Crippen molar-refractivity contribution in [3.63, 3.8) is 0 Å². The quantitative estimate of drug-likeness (QED) is 0.765. The lowest BCUT2D eigenvalue weighted by atomic mass is 10.3. The largest absolute Gasteiger partial charge is 0.492 e. The van der Waals surface area contributed by atoms with E-state index in [4.69, 9.17) is 4.74 Å². The minimum absolute atomic E-state index is 0.0547. The lowest BCUT2D eigenvalue weighted by Crippen LogP contribution is -2.48. The highest BCUT2D eigenvalue weighted by molar-refractivity contribution is 5.21. The number of hydrogen-bond donors (Lipinski definition) is 0. The second-order valence-corrected chi connectivity index (χ2v) is 6.22. The van der Waals surface area contributed by atoms with Crippen LogP contribution in [0.3, 0.4) is 0 Å². The van der Waals surface area contributed by atoms with Gasteiger partial charge in [0.2, 0.25) is 0 Å². The van der Waals surface area contributed by atoms with Crippen LogP contribution in [0.25, 0.3) is 0 Å². The molecule has 0 unspecified atom stereocenters. The SMILES string of the molecule is O=c1ccccn1CCN1CCN(CCOc2ccc(F)cc2)CC1. The number of nitrogens with zero attached hydrogens (tertiary/aromatic N) is 3. The molecule has 0 bridgehead atoms. The summed E-state index contributed by atoms with van der Waals surface area (Å²) in [6, 6.07) is 11.4. The van der Waals surface area contributed by atoms with Crippen molar-refractivity contribution in [1.29, 1.82) is 0 Å². The van der Waals surface area contributed by atoms with Crippen LogP contribution in [0.15, 0.2) is 53.5 Å². The fourth-order valence-electron chi connectivity index (χ4n) is 2.95. The van der Waals surface area contributed by atoms with E-state index in [9.17, 15) is 9.18 Å². The monoisotopic (exact) mass is 345 g/mol. The summed E-state index contributed by atoms with van der Waals surface area (Å²) in [6.07, 6.45) is 1.84. The molecule has 0 saturated carbocycles. The highest BCUT2D eigenvalue weighted by atomic mass is 19.1. The first-order valence-corrected chi connectivity index (χ1v) is 8.69. The Hall–Kier alpha value is -2.18. The van der Waals surface area contributed by atoms with Gasteiger partial charge in [-0.1, -0.05) is 6.07 Å². The lowest BCUT2D eigenvalue weighted by Gasteiger charge is -2.34. The lowest BCUT2D eigenvalue weighted by molar-refractivity contribution is 0.114. The summed E-state index contributed by atoms with van der Waals surface area (Å²) in [5, 5.41) is 0. The first-order chi connectivity index (χ1) is 12.2. The molecule has 1 aromatic carbocycles. The molecule has 1 saturated heterocycles. The Kier molecular flexibility index (Phi) is 6.19. The summed E-state index contributed by atoms with van der Waals surface area (Å²) >= 11 is 0. The Balaban J connectivity index is 1.34. The smallest absolute Gasteiger partial charge is 0.250 e. The van der Waals surface area contributed by atoms with E-state index in [1.165, 1.54) is 12.1 Å². The van der Waals surface area contributed by atoms with Gasteiger partial charge in [-0.3, -0.25) is 14.6 Å². The third-order valence-corrected chi connectivity index (χ3v) is 4.51. The first kappa shape index (κ1) is 17.6. The van der Waals surface area contributed by atoms with Crippen LogP contribution in [0.4, 0.5) is 4.39 Å². The van der Waals surface area contributed by atoms with Crippen LogP contribution in [-0.4, -0.2) is 60.2 Å². The van der Waals surface area contributed by atoms with Crippen LogP contribution in [0.2, 0.25) is 0 Å². The number of pyridine rings is 1. The average Bonchev–Trinajstić information content (AvgIpc) is 2.64. The maximum absolute atomic E-state index is 12.8.